The molecule has 0 aromatic heterocycles. The van der Waals surface area contributed by atoms with Gasteiger partial charge in [0.25, 0.3) is 0 Å². The molecule has 0 spiro atoms. The van der Waals surface area contributed by atoms with E-state index in [4.69, 9.17) is 5.73 Å². The first-order valence-corrected chi connectivity index (χ1v) is 6.97. The molecule has 1 aromatic carbocycles. The number of aryl methyl sites for hydroxylation is 1. The second-order valence-corrected chi connectivity index (χ2v) is 5.08. The standard InChI is InChI=1S/C13H20N2OS/c1-3-11(14)8-17-9-13(16)15-12-7-5-4-6-10(12)2/h4-7,11H,3,8-9,14H2,1-2H3,(H,15,16). The Morgan fingerprint density at radius 1 is 1.47 bits per heavy atom. The number of amides is 1. The topological polar surface area (TPSA) is 55.1 Å². The van der Waals surface area contributed by atoms with E-state index < -0.39 is 0 Å². The van der Waals surface area contributed by atoms with Gasteiger partial charge in [-0.3, -0.25) is 4.79 Å². The van der Waals surface area contributed by atoms with Crippen molar-refractivity contribution in [1.82, 2.24) is 0 Å². The van der Waals surface area contributed by atoms with Crippen LogP contribution in [0.2, 0.25) is 0 Å². The fourth-order valence-electron chi connectivity index (χ4n) is 1.32. The van der Waals surface area contributed by atoms with Crippen LogP contribution in [0, 0.1) is 6.92 Å². The predicted molar refractivity (Wildman–Crippen MR) is 75.4 cm³/mol. The predicted octanol–water partition coefficient (Wildman–Crippen LogP) is 2.40. The molecule has 4 heteroatoms. The zero-order valence-corrected chi connectivity index (χ0v) is 11.2. The van der Waals surface area contributed by atoms with Crippen molar-refractivity contribution in [3.05, 3.63) is 29.8 Å². The summed E-state index contributed by atoms with van der Waals surface area (Å²) in [4.78, 5) is 11.7. The summed E-state index contributed by atoms with van der Waals surface area (Å²) in [5.41, 5.74) is 7.75. The highest BCUT2D eigenvalue weighted by atomic mass is 32.2. The lowest BCUT2D eigenvalue weighted by molar-refractivity contribution is -0.113. The lowest BCUT2D eigenvalue weighted by atomic mass is 10.2. The smallest absolute Gasteiger partial charge is 0.234 e. The van der Waals surface area contributed by atoms with Crippen molar-refractivity contribution in [3.8, 4) is 0 Å². The highest BCUT2D eigenvalue weighted by molar-refractivity contribution is 8.00. The van der Waals surface area contributed by atoms with E-state index in [1.807, 2.05) is 31.2 Å². The Balaban J connectivity index is 2.33. The van der Waals surface area contributed by atoms with Gasteiger partial charge in [0.1, 0.15) is 0 Å². The molecule has 0 saturated heterocycles. The zero-order chi connectivity index (χ0) is 12.7. The SMILES string of the molecule is CCC(N)CSCC(=O)Nc1ccccc1C. The number of rotatable bonds is 6. The molecular weight excluding hydrogens is 232 g/mol. The van der Waals surface area contributed by atoms with E-state index in [9.17, 15) is 4.79 Å². The van der Waals surface area contributed by atoms with Gasteiger partial charge in [0.2, 0.25) is 5.91 Å². The maximum atomic E-state index is 11.7. The molecule has 1 aromatic rings. The van der Waals surface area contributed by atoms with Gasteiger partial charge in [-0.25, -0.2) is 0 Å². The van der Waals surface area contributed by atoms with Crippen molar-refractivity contribution in [2.75, 3.05) is 16.8 Å². The lowest BCUT2D eigenvalue weighted by Gasteiger charge is -2.09. The summed E-state index contributed by atoms with van der Waals surface area (Å²) in [6.45, 7) is 4.04. The van der Waals surface area contributed by atoms with Crippen molar-refractivity contribution in [2.45, 2.75) is 26.3 Å². The first-order chi connectivity index (χ1) is 8.13. The fraction of sp³-hybridized carbons (Fsp3) is 0.462. The number of hydrogen-bond donors (Lipinski definition) is 2. The van der Waals surface area contributed by atoms with Crippen molar-refractivity contribution in [1.29, 1.82) is 0 Å². The second-order valence-electron chi connectivity index (χ2n) is 4.05. The molecular formula is C13H20N2OS. The molecule has 0 saturated carbocycles. The second kappa shape index (κ2) is 7.35. The summed E-state index contributed by atoms with van der Waals surface area (Å²) in [6.07, 6.45) is 0.951. The van der Waals surface area contributed by atoms with Gasteiger partial charge in [-0.15, -0.1) is 0 Å². The Labute approximate surface area is 107 Å². The number of hydrogen-bond acceptors (Lipinski definition) is 3. The van der Waals surface area contributed by atoms with E-state index in [-0.39, 0.29) is 11.9 Å². The number of carbonyl (C=O) groups excluding carboxylic acids is 1. The molecule has 1 amide bonds. The molecule has 3 nitrogen and oxygen atoms in total. The number of benzene rings is 1. The third-order valence-electron chi connectivity index (χ3n) is 2.51. The van der Waals surface area contributed by atoms with Crippen molar-refractivity contribution in [3.63, 3.8) is 0 Å². The average Bonchev–Trinajstić information content (AvgIpc) is 2.32. The molecule has 17 heavy (non-hydrogen) atoms. The molecule has 94 valence electrons. The third-order valence-corrected chi connectivity index (χ3v) is 3.64. The van der Waals surface area contributed by atoms with E-state index in [0.717, 1.165) is 23.4 Å². The minimum absolute atomic E-state index is 0.0348. The molecule has 0 aliphatic rings. The summed E-state index contributed by atoms with van der Waals surface area (Å²) >= 11 is 1.58. The van der Waals surface area contributed by atoms with E-state index in [1.54, 1.807) is 11.8 Å². The van der Waals surface area contributed by atoms with E-state index in [1.165, 1.54) is 0 Å². The summed E-state index contributed by atoms with van der Waals surface area (Å²) in [6, 6.07) is 7.96. The van der Waals surface area contributed by atoms with Crippen LogP contribution in [0.5, 0.6) is 0 Å². The maximum Gasteiger partial charge on any atom is 0.234 e. The molecule has 1 rings (SSSR count). The number of anilines is 1. The summed E-state index contributed by atoms with van der Waals surface area (Å²) in [5.74, 6) is 1.33. The van der Waals surface area contributed by atoms with E-state index in [0.29, 0.717) is 5.75 Å². The molecule has 0 fully saturated rings. The van der Waals surface area contributed by atoms with Crippen molar-refractivity contribution < 1.29 is 4.79 Å². The monoisotopic (exact) mass is 252 g/mol. The van der Waals surface area contributed by atoms with Gasteiger partial charge in [0, 0.05) is 17.5 Å². The third kappa shape index (κ3) is 5.24. The highest BCUT2D eigenvalue weighted by Gasteiger charge is 2.05. The summed E-state index contributed by atoms with van der Waals surface area (Å²) < 4.78 is 0. The van der Waals surface area contributed by atoms with Gasteiger partial charge in [0.05, 0.1) is 5.75 Å². The molecule has 0 bridgehead atoms. The fourth-order valence-corrected chi connectivity index (χ4v) is 2.23. The van der Waals surface area contributed by atoms with Crippen LogP contribution in [0.3, 0.4) is 0 Å². The van der Waals surface area contributed by atoms with Gasteiger partial charge in [-0.05, 0) is 25.0 Å². The Kier molecular flexibility index (Phi) is 6.08. The minimum atomic E-state index is 0.0348. The average molecular weight is 252 g/mol. The van der Waals surface area contributed by atoms with Gasteiger partial charge < -0.3 is 11.1 Å². The largest absolute Gasteiger partial charge is 0.327 e. The lowest BCUT2D eigenvalue weighted by Crippen LogP contribution is -2.23. The Morgan fingerprint density at radius 3 is 2.82 bits per heavy atom. The highest BCUT2D eigenvalue weighted by Crippen LogP contribution is 2.13. The van der Waals surface area contributed by atoms with Crippen LogP contribution in [0.15, 0.2) is 24.3 Å². The molecule has 0 heterocycles. The van der Waals surface area contributed by atoms with Crippen LogP contribution in [0.4, 0.5) is 5.69 Å². The normalized spacial score (nSPS) is 12.2. The molecule has 3 N–H and O–H groups in total. The molecule has 1 unspecified atom stereocenters. The van der Waals surface area contributed by atoms with E-state index in [2.05, 4.69) is 12.2 Å². The van der Waals surface area contributed by atoms with Crippen LogP contribution in [-0.2, 0) is 4.79 Å². The van der Waals surface area contributed by atoms with Crippen LogP contribution in [-0.4, -0.2) is 23.5 Å². The Hall–Kier alpha value is -1.00. The molecule has 0 aliphatic carbocycles. The first kappa shape index (κ1) is 14.1. The van der Waals surface area contributed by atoms with Crippen LogP contribution in [0.1, 0.15) is 18.9 Å². The quantitative estimate of drug-likeness (QED) is 0.817. The molecule has 1 atom stereocenters. The van der Waals surface area contributed by atoms with Crippen LogP contribution < -0.4 is 11.1 Å². The summed E-state index contributed by atoms with van der Waals surface area (Å²) in [7, 11) is 0. The Morgan fingerprint density at radius 2 is 2.18 bits per heavy atom. The van der Waals surface area contributed by atoms with Gasteiger partial charge in [-0.1, -0.05) is 25.1 Å². The molecule has 0 radical (unpaired) electrons. The van der Waals surface area contributed by atoms with Gasteiger partial charge >= 0.3 is 0 Å². The minimum Gasteiger partial charge on any atom is -0.327 e. The number of thioether (sulfide) groups is 1. The van der Waals surface area contributed by atoms with Crippen molar-refractivity contribution in [2.24, 2.45) is 5.73 Å². The van der Waals surface area contributed by atoms with Gasteiger partial charge in [-0.2, -0.15) is 11.8 Å². The summed E-state index contributed by atoms with van der Waals surface area (Å²) in [5, 5.41) is 2.90. The number of nitrogens with one attached hydrogen (secondary N) is 1. The van der Waals surface area contributed by atoms with Gasteiger partial charge in [0.15, 0.2) is 0 Å². The number of nitrogens with two attached hydrogens (primary N) is 1. The zero-order valence-electron chi connectivity index (χ0n) is 10.4. The number of para-hydroxylation sites is 1. The van der Waals surface area contributed by atoms with Crippen LogP contribution in [0.25, 0.3) is 0 Å². The molecule has 0 aliphatic heterocycles. The maximum absolute atomic E-state index is 11.7. The van der Waals surface area contributed by atoms with Crippen molar-refractivity contribution >= 4 is 23.4 Å². The van der Waals surface area contributed by atoms with E-state index >= 15 is 0 Å². The number of carbonyl (C=O) groups is 1. The van der Waals surface area contributed by atoms with Crippen LogP contribution >= 0.6 is 11.8 Å². The first-order valence-electron chi connectivity index (χ1n) is 5.82. The Bertz CT molecular complexity index is 368.